The Labute approximate surface area is 127 Å². The second-order valence-electron chi connectivity index (χ2n) is 4.97. The zero-order valence-corrected chi connectivity index (χ0v) is 12.4. The van der Waals surface area contributed by atoms with Gasteiger partial charge in [0.25, 0.3) is 0 Å². The third kappa shape index (κ3) is 2.28. The van der Waals surface area contributed by atoms with Gasteiger partial charge in [-0.15, -0.1) is 0 Å². The Morgan fingerprint density at radius 1 is 1.18 bits per heavy atom. The first kappa shape index (κ1) is 16.1. The highest BCUT2D eigenvalue weighted by Gasteiger charge is 2.77. The third-order valence-electron chi connectivity index (χ3n) is 3.88. The van der Waals surface area contributed by atoms with Crippen molar-refractivity contribution in [2.75, 3.05) is 13.2 Å². The molecule has 22 heavy (non-hydrogen) atoms. The number of carbonyl (C=O) groups is 3. The Balaban J connectivity index is 2.49. The molecular formula is C16H17FO5. The molecule has 0 bridgehead atoms. The van der Waals surface area contributed by atoms with E-state index in [2.05, 4.69) is 0 Å². The predicted molar refractivity (Wildman–Crippen MR) is 74.4 cm³/mol. The molecule has 0 unspecified atom stereocenters. The maximum Gasteiger partial charge on any atom is 0.324 e. The van der Waals surface area contributed by atoms with E-state index in [4.69, 9.17) is 9.47 Å². The topological polar surface area (TPSA) is 69.7 Å². The van der Waals surface area contributed by atoms with Gasteiger partial charge >= 0.3 is 11.9 Å². The first-order valence-electron chi connectivity index (χ1n) is 7.09. The van der Waals surface area contributed by atoms with Crippen LogP contribution in [0, 0.1) is 17.2 Å². The lowest BCUT2D eigenvalue weighted by Crippen LogP contribution is -2.33. The molecular weight excluding hydrogens is 291 g/mol. The number of hydrogen-bond donors (Lipinski definition) is 0. The van der Waals surface area contributed by atoms with Crippen molar-refractivity contribution >= 4 is 18.2 Å². The van der Waals surface area contributed by atoms with Crippen LogP contribution in [-0.4, -0.2) is 31.4 Å². The maximum absolute atomic E-state index is 14.0. The minimum Gasteiger partial charge on any atom is -0.465 e. The standard InChI is InChI=1S/C16H17FO5/c1-3-21-14(19)16(15(20)22-4-2)11(9-18)13(16)10-7-5-6-8-12(10)17/h5-9,11,13H,3-4H2,1-2H3/t11-,13-/m0/s1. The van der Waals surface area contributed by atoms with Gasteiger partial charge in [0.1, 0.15) is 12.1 Å². The van der Waals surface area contributed by atoms with Crippen LogP contribution in [0.1, 0.15) is 25.3 Å². The number of esters is 2. The highest BCUT2D eigenvalue weighted by Crippen LogP contribution is 2.65. The number of aldehydes is 1. The van der Waals surface area contributed by atoms with Crippen LogP contribution >= 0.6 is 0 Å². The molecule has 0 amide bonds. The van der Waals surface area contributed by atoms with Gasteiger partial charge in [-0.2, -0.15) is 0 Å². The third-order valence-corrected chi connectivity index (χ3v) is 3.88. The van der Waals surface area contributed by atoms with Gasteiger partial charge in [-0.05, 0) is 25.5 Å². The Morgan fingerprint density at radius 2 is 1.73 bits per heavy atom. The summed E-state index contributed by atoms with van der Waals surface area (Å²) in [6.45, 7) is 3.28. The van der Waals surface area contributed by atoms with E-state index in [9.17, 15) is 18.8 Å². The summed E-state index contributed by atoms with van der Waals surface area (Å²) in [5.74, 6) is -4.15. The summed E-state index contributed by atoms with van der Waals surface area (Å²) in [5.41, 5.74) is -1.64. The first-order chi connectivity index (χ1) is 10.5. The average molecular weight is 308 g/mol. The monoisotopic (exact) mass is 308 g/mol. The summed E-state index contributed by atoms with van der Waals surface area (Å²) in [5, 5.41) is 0. The van der Waals surface area contributed by atoms with Crippen molar-refractivity contribution in [1.82, 2.24) is 0 Å². The van der Waals surface area contributed by atoms with E-state index in [0.29, 0.717) is 6.29 Å². The van der Waals surface area contributed by atoms with E-state index in [-0.39, 0.29) is 18.8 Å². The largest absolute Gasteiger partial charge is 0.465 e. The molecule has 2 rings (SSSR count). The molecule has 118 valence electrons. The minimum atomic E-state index is -1.78. The number of carbonyl (C=O) groups excluding carboxylic acids is 3. The number of halogens is 1. The molecule has 1 aromatic carbocycles. The van der Waals surface area contributed by atoms with E-state index < -0.39 is 35.0 Å². The molecule has 0 saturated heterocycles. The average Bonchev–Trinajstić information content (AvgIpc) is 3.18. The fourth-order valence-electron chi connectivity index (χ4n) is 2.88. The van der Waals surface area contributed by atoms with E-state index in [1.54, 1.807) is 19.9 Å². The smallest absolute Gasteiger partial charge is 0.324 e. The van der Waals surface area contributed by atoms with E-state index in [1.165, 1.54) is 18.2 Å². The van der Waals surface area contributed by atoms with Crippen molar-refractivity contribution in [1.29, 1.82) is 0 Å². The summed E-state index contributed by atoms with van der Waals surface area (Å²) in [6.07, 6.45) is 0.491. The second kappa shape index (κ2) is 6.25. The Morgan fingerprint density at radius 3 is 2.18 bits per heavy atom. The van der Waals surface area contributed by atoms with Crippen molar-refractivity contribution in [3.63, 3.8) is 0 Å². The first-order valence-corrected chi connectivity index (χ1v) is 7.09. The summed E-state index contributed by atoms with van der Waals surface area (Å²) < 4.78 is 23.9. The number of rotatable bonds is 6. The van der Waals surface area contributed by atoms with Crippen molar-refractivity contribution in [3.05, 3.63) is 35.6 Å². The van der Waals surface area contributed by atoms with Crippen LogP contribution in [0.4, 0.5) is 4.39 Å². The van der Waals surface area contributed by atoms with Crippen molar-refractivity contribution in [2.45, 2.75) is 19.8 Å². The molecule has 1 fully saturated rings. The van der Waals surface area contributed by atoms with Crippen molar-refractivity contribution in [3.8, 4) is 0 Å². The van der Waals surface area contributed by atoms with Crippen molar-refractivity contribution < 1.29 is 28.2 Å². The van der Waals surface area contributed by atoms with E-state index in [0.717, 1.165) is 0 Å². The quantitative estimate of drug-likeness (QED) is 0.456. The van der Waals surface area contributed by atoms with Crippen molar-refractivity contribution in [2.24, 2.45) is 11.3 Å². The van der Waals surface area contributed by atoms with Crippen LogP contribution in [0.25, 0.3) is 0 Å². The van der Waals surface area contributed by atoms with Crippen LogP contribution in [0.5, 0.6) is 0 Å². The van der Waals surface area contributed by atoms with Crippen LogP contribution in [0.3, 0.4) is 0 Å². The van der Waals surface area contributed by atoms with Gasteiger partial charge in [-0.1, -0.05) is 18.2 Å². The van der Waals surface area contributed by atoms with E-state index >= 15 is 0 Å². The highest BCUT2D eigenvalue weighted by molar-refractivity contribution is 6.09. The van der Waals surface area contributed by atoms with Gasteiger partial charge in [-0.3, -0.25) is 9.59 Å². The lowest BCUT2D eigenvalue weighted by atomic mass is 9.98. The van der Waals surface area contributed by atoms with Gasteiger partial charge < -0.3 is 14.3 Å². The predicted octanol–water partition coefficient (Wildman–Crippen LogP) is 1.85. The fraction of sp³-hybridized carbons (Fsp3) is 0.438. The van der Waals surface area contributed by atoms with Gasteiger partial charge in [0.2, 0.25) is 0 Å². The Hall–Kier alpha value is -2.24. The van der Waals surface area contributed by atoms with Crippen LogP contribution in [-0.2, 0) is 23.9 Å². The fourth-order valence-corrected chi connectivity index (χ4v) is 2.88. The lowest BCUT2D eigenvalue weighted by molar-refractivity contribution is -0.165. The van der Waals surface area contributed by atoms with Crippen LogP contribution < -0.4 is 0 Å². The SMILES string of the molecule is CCOC(=O)C1(C(=O)OCC)[C@@H](C=O)[C@@H]1c1ccccc1F. The molecule has 0 N–H and O–H groups in total. The molecule has 0 spiro atoms. The molecule has 1 aliphatic carbocycles. The molecule has 6 heteroatoms. The lowest BCUT2D eigenvalue weighted by Gasteiger charge is -2.15. The minimum absolute atomic E-state index is 0.0511. The number of hydrogen-bond acceptors (Lipinski definition) is 5. The normalized spacial score (nSPS) is 21.8. The van der Waals surface area contributed by atoms with Gasteiger partial charge in [0.15, 0.2) is 5.41 Å². The summed E-state index contributed by atoms with van der Waals surface area (Å²) in [4.78, 5) is 36.0. The summed E-state index contributed by atoms with van der Waals surface area (Å²) in [6, 6.07) is 5.75. The summed E-state index contributed by atoms with van der Waals surface area (Å²) >= 11 is 0. The zero-order chi connectivity index (χ0) is 16.3. The second-order valence-corrected chi connectivity index (χ2v) is 4.97. The maximum atomic E-state index is 14.0. The molecule has 1 aliphatic rings. The van der Waals surface area contributed by atoms with Gasteiger partial charge in [0.05, 0.1) is 19.1 Å². The molecule has 1 saturated carbocycles. The molecule has 0 heterocycles. The molecule has 5 nitrogen and oxygen atoms in total. The Kier molecular flexibility index (Phi) is 4.59. The number of ether oxygens (including phenoxy) is 2. The van der Waals surface area contributed by atoms with Crippen LogP contribution in [0.15, 0.2) is 24.3 Å². The highest BCUT2D eigenvalue weighted by atomic mass is 19.1. The van der Waals surface area contributed by atoms with E-state index in [1.807, 2.05) is 0 Å². The molecule has 1 aromatic rings. The zero-order valence-electron chi connectivity index (χ0n) is 12.4. The molecule has 2 atom stereocenters. The van der Waals surface area contributed by atoms with Gasteiger partial charge in [0, 0.05) is 5.92 Å². The molecule has 0 aliphatic heterocycles. The molecule has 0 radical (unpaired) electrons. The molecule has 0 aromatic heterocycles. The summed E-state index contributed by atoms with van der Waals surface area (Å²) in [7, 11) is 0. The van der Waals surface area contributed by atoms with Crippen LogP contribution in [0.2, 0.25) is 0 Å². The Bertz CT molecular complexity index is 580. The van der Waals surface area contributed by atoms with Gasteiger partial charge in [-0.25, -0.2) is 4.39 Å². The number of benzene rings is 1.